The Hall–Kier alpha value is -2.03. The van der Waals surface area contributed by atoms with Crippen LogP contribution in [0.2, 0.25) is 0 Å². The van der Waals surface area contributed by atoms with E-state index in [1.807, 2.05) is 13.8 Å². The number of nitrogens with one attached hydrogen (secondary N) is 1. The van der Waals surface area contributed by atoms with Crippen LogP contribution >= 0.6 is 11.8 Å². The second kappa shape index (κ2) is 6.61. The SMILES string of the molecule is CCOC(=O)[C@H](C)Sc1nc2c(c(=O)[nH]c(=O)n2C)n1C(C)C. The third kappa shape index (κ3) is 3.19. The third-order valence-corrected chi connectivity index (χ3v) is 4.38. The average Bonchev–Trinajstić information content (AvgIpc) is 2.85. The summed E-state index contributed by atoms with van der Waals surface area (Å²) in [6, 6.07) is -0.0597. The number of imidazole rings is 1. The summed E-state index contributed by atoms with van der Waals surface area (Å²) in [6.45, 7) is 7.58. The molecule has 0 spiro atoms. The molecule has 0 aromatic carbocycles. The normalized spacial score (nSPS) is 12.8. The van der Waals surface area contributed by atoms with Crippen molar-refractivity contribution in [3.8, 4) is 0 Å². The van der Waals surface area contributed by atoms with E-state index in [0.717, 1.165) is 0 Å². The van der Waals surface area contributed by atoms with Gasteiger partial charge < -0.3 is 9.30 Å². The minimum atomic E-state index is -0.522. The molecule has 0 radical (unpaired) electrons. The summed E-state index contributed by atoms with van der Waals surface area (Å²) in [5.74, 6) is -0.345. The number of aromatic nitrogens is 4. The van der Waals surface area contributed by atoms with Crippen LogP contribution in [-0.4, -0.2) is 36.9 Å². The summed E-state index contributed by atoms with van der Waals surface area (Å²) < 4.78 is 8.01. The molecule has 0 amide bonds. The molecule has 9 heteroatoms. The van der Waals surface area contributed by atoms with Crippen LogP contribution < -0.4 is 11.2 Å². The molecule has 1 N–H and O–H groups in total. The first kappa shape index (κ1) is 17.3. The number of hydrogen-bond acceptors (Lipinski definition) is 6. The summed E-state index contributed by atoms with van der Waals surface area (Å²) in [6.07, 6.45) is 0. The Bertz CT molecular complexity index is 849. The van der Waals surface area contributed by atoms with Crippen LogP contribution in [0.3, 0.4) is 0 Å². The fourth-order valence-electron chi connectivity index (χ4n) is 2.21. The Kier molecular flexibility index (Phi) is 4.98. The summed E-state index contributed by atoms with van der Waals surface area (Å²) in [7, 11) is 1.54. The fraction of sp³-hybridized carbons (Fsp3) is 0.571. The van der Waals surface area contributed by atoms with Gasteiger partial charge in [-0.15, -0.1) is 0 Å². The van der Waals surface area contributed by atoms with Gasteiger partial charge in [0.1, 0.15) is 5.25 Å². The number of carbonyl (C=O) groups excluding carboxylic acids is 1. The number of rotatable bonds is 5. The lowest BCUT2D eigenvalue weighted by Gasteiger charge is -2.14. The molecule has 0 bridgehead atoms. The predicted octanol–water partition coefficient (Wildman–Crippen LogP) is 1.05. The van der Waals surface area contributed by atoms with Gasteiger partial charge in [-0.2, -0.15) is 0 Å². The quantitative estimate of drug-likeness (QED) is 0.645. The summed E-state index contributed by atoms with van der Waals surface area (Å²) in [5.41, 5.74) is -0.391. The molecule has 0 saturated carbocycles. The highest BCUT2D eigenvalue weighted by atomic mass is 32.2. The predicted molar refractivity (Wildman–Crippen MR) is 87.9 cm³/mol. The van der Waals surface area contributed by atoms with Gasteiger partial charge in [-0.25, -0.2) is 9.78 Å². The zero-order valence-corrected chi connectivity index (χ0v) is 14.6. The maximum atomic E-state index is 12.2. The Morgan fingerprint density at radius 2 is 2.00 bits per heavy atom. The highest BCUT2D eigenvalue weighted by Gasteiger charge is 2.24. The van der Waals surface area contributed by atoms with E-state index >= 15 is 0 Å². The van der Waals surface area contributed by atoms with Gasteiger partial charge in [-0.1, -0.05) is 11.8 Å². The number of nitrogens with zero attached hydrogens (tertiary/aromatic N) is 3. The van der Waals surface area contributed by atoms with Crippen molar-refractivity contribution in [2.75, 3.05) is 6.61 Å². The number of H-pyrrole nitrogens is 1. The Morgan fingerprint density at radius 1 is 1.35 bits per heavy atom. The van der Waals surface area contributed by atoms with Gasteiger partial charge >= 0.3 is 11.7 Å². The smallest absolute Gasteiger partial charge is 0.329 e. The van der Waals surface area contributed by atoms with E-state index in [9.17, 15) is 14.4 Å². The van der Waals surface area contributed by atoms with Crippen LogP contribution in [0.25, 0.3) is 11.2 Å². The number of aryl methyl sites for hydroxylation is 1. The van der Waals surface area contributed by atoms with E-state index in [1.165, 1.54) is 16.3 Å². The second-order valence-corrected chi connectivity index (χ2v) is 6.67. The van der Waals surface area contributed by atoms with Crippen molar-refractivity contribution >= 4 is 28.9 Å². The Labute approximate surface area is 136 Å². The monoisotopic (exact) mass is 340 g/mol. The summed E-state index contributed by atoms with van der Waals surface area (Å²) in [5, 5.41) is 0.0302. The fourth-order valence-corrected chi connectivity index (χ4v) is 3.25. The number of esters is 1. The molecule has 1 atom stereocenters. The van der Waals surface area contributed by atoms with E-state index in [4.69, 9.17) is 4.74 Å². The first-order valence-corrected chi connectivity index (χ1v) is 8.20. The first-order chi connectivity index (χ1) is 10.8. The molecule has 0 unspecified atom stereocenters. The second-order valence-electron chi connectivity index (χ2n) is 5.36. The highest BCUT2D eigenvalue weighted by Crippen LogP contribution is 2.28. The van der Waals surface area contributed by atoms with E-state index in [2.05, 4.69) is 9.97 Å². The van der Waals surface area contributed by atoms with E-state index in [0.29, 0.717) is 22.9 Å². The van der Waals surface area contributed by atoms with Gasteiger partial charge in [0.15, 0.2) is 16.3 Å². The number of aromatic amines is 1. The number of carbonyl (C=O) groups is 1. The maximum Gasteiger partial charge on any atom is 0.329 e. The molecule has 0 saturated heterocycles. The van der Waals surface area contributed by atoms with Crippen molar-refractivity contribution in [2.45, 2.75) is 44.1 Å². The van der Waals surface area contributed by atoms with Crippen LogP contribution in [-0.2, 0) is 16.6 Å². The number of ether oxygens (including phenoxy) is 1. The van der Waals surface area contributed by atoms with E-state index in [-0.39, 0.29) is 12.0 Å². The molecule has 2 heterocycles. The molecule has 0 aliphatic carbocycles. The lowest BCUT2D eigenvalue weighted by Crippen LogP contribution is -2.29. The van der Waals surface area contributed by atoms with Gasteiger partial charge in [0.05, 0.1) is 6.61 Å². The topological polar surface area (TPSA) is 99.0 Å². The molecule has 2 aromatic rings. The largest absolute Gasteiger partial charge is 0.465 e. The highest BCUT2D eigenvalue weighted by molar-refractivity contribution is 8.00. The van der Waals surface area contributed by atoms with Crippen LogP contribution in [0.4, 0.5) is 0 Å². The van der Waals surface area contributed by atoms with Gasteiger partial charge in [0.25, 0.3) is 5.56 Å². The van der Waals surface area contributed by atoms with E-state index in [1.54, 1.807) is 25.5 Å². The third-order valence-electron chi connectivity index (χ3n) is 3.34. The van der Waals surface area contributed by atoms with Gasteiger partial charge in [-0.3, -0.25) is 19.1 Å². The first-order valence-electron chi connectivity index (χ1n) is 7.32. The van der Waals surface area contributed by atoms with Crippen molar-refractivity contribution in [1.29, 1.82) is 0 Å². The molecular formula is C14H20N4O4S. The molecule has 126 valence electrons. The standard InChI is InChI=1S/C14H20N4O4S/c1-6-22-12(20)8(4)23-14-15-10-9(18(14)7(2)3)11(19)16-13(21)17(10)5/h7-8H,6H2,1-5H3,(H,16,19,21)/t8-/m0/s1. The molecular weight excluding hydrogens is 320 g/mol. The zero-order valence-electron chi connectivity index (χ0n) is 13.7. The van der Waals surface area contributed by atoms with Gasteiger partial charge in [0, 0.05) is 13.1 Å². The maximum absolute atomic E-state index is 12.2. The van der Waals surface area contributed by atoms with Gasteiger partial charge in [0.2, 0.25) is 0 Å². The van der Waals surface area contributed by atoms with E-state index < -0.39 is 16.5 Å². The minimum absolute atomic E-state index is 0.0597. The van der Waals surface area contributed by atoms with Crippen LogP contribution in [0.15, 0.2) is 14.7 Å². The lowest BCUT2D eigenvalue weighted by molar-refractivity contribution is -0.142. The molecule has 23 heavy (non-hydrogen) atoms. The number of fused-ring (bicyclic) bond motifs is 1. The minimum Gasteiger partial charge on any atom is -0.465 e. The lowest BCUT2D eigenvalue weighted by atomic mass is 10.4. The summed E-state index contributed by atoms with van der Waals surface area (Å²) in [4.78, 5) is 42.4. The van der Waals surface area contributed by atoms with Crippen LogP contribution in [0.5, 0.6) is 0 Å². The van der Waals surface area contributed by atoms with Gasteiger partial charge in [-0.05, 0) is 27.7 Å². The molecule has 2 rings (SSSR count). The molecule has 8 nitrogen and oxygen atoms in total. The van der Waals surface area contributed by atoms with Crippen molar-refractivity contribution in [1.82, 2.24) is 19.1 Å². The molecule has 2 aromatic heterocycles. The van der Waals surface area contributed by atoms with Crippen molar-refractivity contribution in [2.24, 2.45) is 7.05 Å². The molecule has 0 fully saturated rings. The van der Waals surface area contributed by atoms with Crippen LogP contribution in [0, 0.1) is 0 Å². The number of thioether (sulfide) groups is 1. The molecule has 0 aliphatic heterocycles. The Balaban J connectivity index is 2.60. The van der Waals surface area contributed by atoms with Crippen molar-refractivity contribution in [3.05, 3.63) is 20.8 Å². The van der Waals surface area contributed by atoms with Crippen molar-refractivity contribution in [3.63, 3.8) is 0 Å². The number of hydrogen-bond donors (Lipinski definition) is 1. The van der Waals surface area contributed by atoms with Crippen molar-refractivity contribution < 1.29 is 9.53 Å². The summed E-state index contributed by atoms with van der Waals surface area (Å²) >= 11 is 1.20. The average molecular weight is 340 g/mol. The Morgan fingerprint density at radius 3 is 2.57 bits per heavy atom. The van der Waals surface area contributed by atoms with Crippen LogP contribution in [0.1, 0.15) is 33.7 Å². The molecule has 0 aliphatic rings. The zero-order chi connectivity index (χ0) is 17.3.